The smallest absolute Gasteiger partial charge is 0.0338 e. The molecule has 2 nitrogen and oxygen atoms in total. The average molecular weight is 144 g/mol. The molecule has 2 fully saturated rings. The molecule has 2 unspecified atom stereocenters. The van der Waals surface area contributed by atoms with Crippen molar-refractivity contribution in [1.82, 2.24) is 10.6 Å². The second-order valence-corrected chi connectivity index (χ2v) is 3.98. The minimum absolute atomic E-state index is 0.775. The molecule has 0 aromatic rings. The number of hydrogen-bond acceptors (Lipinski definition) is 3. The van der Waals surface area contributed by atoms with Crippen LogP contribution in [0.25, 0.3) is 0 Å². The summed E-state index contributed by atoms with van der Waals surface area (Å²) in [6.45, 7) is 3.61. The highest BCUT2D eigenvalue weighted by Crippen LogP contribution is 2.21. The third kappa shape index (κ3) is 1.09. The van der Waals surface area contributed by atoms with Gasteiger partial charge in [0.15, 0.2) is 0 Å². The first-order valence-corrected chi connectivity index (χ1v) is 4.57. The maximum atomic E-state index is 3.40. The van der Waals surface area contributed by atoms with Crippen molar-refractivity contribution in [1.29, 1.82) is 0 Å². The van der Waals surface area contributed by atoms with Crippen LogP contribution in [0, 0.1) is 0 Å². The zero-order valence-corrected chi connectivity index (χ0v) is 6.21. The van der Waals surface area contributed by atoms with E-state index in [1.165, 1.54) is 25.4 Å². The summed E-state index contributed by atoms with van der Waals surface area (Å²) in [6.07, 6.45) is 0. The van der Waals surface area contributed by atoms with Crippen LogP contribution in [0.3, 0.4) is 0 Å². The molecular formula is C6H12N2S. The largest absolute Gasteiger partial charge is 0.314 e. The van der Waals surface area contributed by atoms with Gasteiger partial charge in [-0.25, -0.2) is 0 Å². The quantitative estimate of drug-likeness (QED) is 0.486. The Labute approximate surface area is 59.8 Å². The number of fused-ring (bicyclic) bond motifs is 1. The Morgan fingerprint density at radius 3 is 3.11 bits per heavy atom. The maximum absolute atomic E-state index is 3.40. The molecule has 52 valence electrons. The molecule has 0 saturated carbocycles. The summed E-state index contributed by atoms with van der Waals surface area (Å²) in [4.78, 5) is 0. The molecular weight excluding hydrogens is 132 g/mol. The highest BCUT2D eigenvalue weighted by molar-refractivity contribution is 8.00. The summed E-state index contributed by atoms with van der Waals surface area (Å²) in [6, 6.07) is 0.775. The molecule has 9 heavy (non-hydrogen) atoms. The Hall–Kier alpha value is 0.270. The van der Waals surface area contributed by atoms with E-state index >= 15 is 0 Å². The number of hydrogen-bond donors (Lipinski definition) is 2. The fraction of sp³-hybridized carbons (Fsp3) is 1.00. The molecule has 0 amide bonds. The summed E-state index contributed by atoms with van der Waals surface area (Å²) in [5.74, 6) is 1.29. The lowest BCUT2D eigenvalue weighted by Crippen LogP contribution is -2.58. The Kier molecular flexibility index (Phi) is 1.66. The van der Waals surface area contributed by atoms with Crippen molar-refractivity contribution in [3.63, 3.8) is 0 Å². The molecule has 0 aliphatic carbocycles. The van der Waals surface area contributed by atoms with Gasteiger partial charge in [0.2, 0.25) is 0 Å². The molecule has 2 aliphatic rings. The molecule has 2 atom stereocenters. The molecule has 2 heterocycles. The number of nitrogens with one attached hydrogen (secondary N) is 2. The highest BCUT2D eigenvalue weighted by Gasteiger charge is 2.31. The molecule has 0 spiro atoms. The van der Waals surface area contributed by atoms with Gasteiger partial charge in [0.05, 0.1) is 0 Å². The van der Waals surface area contributed by atoms with E-state index in [2.05, 4.69) is 22.4 Å². The van der Waals surface area contributed by atoms with Gasteiger partial charge in [-0.15, -0.1) is 0 Å². The monoisotopic (exact) mass is 144 g/mol. The van der Waals surface area contributed by atoms with Gasteiger partial charge in [-0.1, -0.05) is 0 Å². The topological polar surface area (TPSA) is 24.1 Å². The van der Waals surface area contributed by atoms with Crippen LogP contribution in [0.4, 0.5) is 0 Å². The van der Waals surface area contributed by atoms with Gasteiger partial charge in [-0.3, -0.25) is 0 Å². The third-order valence-corrected chi connectivity index (χ3v) is 3.37. The lowest BCUT2D eigenvalue weighted by molar-refractivity contribution is 0.376. The van der Waals surface area contributed by atoms with E-state index < -0.39 is 0 Å². The Morgan fingerprint density at radius 2 is 2.33 bits per heavy atom. The van der Waals surface area contributed by atoms with Crippen molar-refractivity contribution < 1.29 is 0 Å². The summed E-state index contributed by atoms with van der Waals surface area (Å²) in [5, 5.41) is 7.72. The number of thioether (sulfide) groups is 1. The van der Waals surface area contributed by atoms with Gasteiger partial charge in [0, 0.05) is 36.7 Å². The second kappa shape index (κ2) is 2.48. The van der Waals surface area contributed by atoms with Gasteiger partial charge in [-0.2, -0.15) is 11.8 Å². The molecule has 2 N–H and O–H groups in total. The Bertz CT molecular complexity index is 95.2. The van der Waals surface area contributed by atoms with Crippen molar-refractivity contribution in [2.24, 2.45) is 0 Å². The van der Waals surface area contributed by atoms with E-state index in [1.54, 1.807) is 0 Å². The zero-order chi connectivity index (χ0) is 6.10. The van der Waals surface area contributed by atoms with E-state index in [1.807, 2.05) is 0 Å². The summed E-state index contributed by atoms with van der Waals surface area (Å²) in [7, 11) is 0. The predicted molar refractivity (Wildman–Crippen MR) is 40.9 cm³/mol. The van der Waals surface area contributed by atoms with E-state index in [9.17, 15) is 0 Å². The molecule has 0 aromatic heterocycles. The first-order valence-electron chi connectivity index (χ1n) is 3.52. The minimum Gasteiger partial charge on any atom is -0.314 e. The Morgan fingerprint density at radius 1 is 1.33 bits per heavy atom. The van der Waals surface area contributed by atoms with Crippen molar-refractivity contribution in [3.8, 4) is 0 Å². The number of rotatable bonds is 0. The summed E-state index contributed by atoms with van der Waals surface area (Å²) >= 11 is 2.11. The van der Waals surface area contributed by atoms with Crippen LogP contribution in [0.1, 0.15) is 0 Å². The van der Waals surface area contributed by atoms with Crippen LogP contribution in [0.15, 0.2) is 0 Å². The van der Waals surface area contributed by atoms with Crippen molar-refractivity contribution >= 4 is 11.8 Å². The maximum Gasteiger partial charge on any atom is 0.0338 e. The van der Waals surface area contributed by atoms with Crippen LogP contribution in [0.5, 0.6) is 0 Å². The van der Waals surface area contributed by atoms with E-state index in [-0.39, 0.29) is 0 Å². The van der Waals surface area contributed by atoms with E-state index in [0.717, 1.165) is 11.3 Å². The third-order valence-electron chi connectivity index (χ3n) is 2.01. The van der Waals surface area contributed by atoms with Gasteiger partial charge in [0.25, 0.3) is 0 Å². The zero-order valence-electron chi connectivity index (χ0n) is 5.39. The van der Waals surface area contributed by atoms with Crippen LogP contribution in [0.2, 0.25) is 0 Å². The molecule has 0 bridgehead atoms. The van der Waals surface area contributed by atoms with Crippen molar-refractivity contribution in [3.05, 3.63) is 0 Å². The van der Waals surface area contributed by atoms with E-state index in [4.69, 9.17) is 0 Å². The van der Waals surface area contributed by atoms with Crippen molar-refractivity contribution in [2.75, 3.05) is 25.4 Å². The standard InChI is InChI=1S/C6H12N2S/c1-2-9-6-4-8-5(6)3-7-1/h5-8H,1-4H2. The van der Waals surface area contributed by atoms with E-state index in [0.29, 0.717) is 0 Å². The molecule has 2 rings (SSSR count). The van der Waals surface area contributed by atoms with Crippen LogP contribution in [-0.4, -0.2) is 36.7 Å². The Balaban J connectivity index is 1.90. The second-order valence-electron chi connectivity index (χ2n) is 2.63. The van der Waals surface area contributed by atoms with Gasteiger partial charge in [0.1, 0.15) is 0 Å². The molecule has 2 aliphatic heterocycles. The summed E-state index contributed by atoms with van der Waals surface area (Å²) < 4.78 is 0. The van der Waals surface area contributed by atoms with Gasteiger partial charge in [-0.05, 0) is 0 Å². The minimum atomic E-state index is 0.775. The molecule has 2 saturated heterocycles. The average Bonchev–Trinajstić information content (AvgIpc) is 1.94. The fourth-order valence-corrected chi connectivity index (χ4v) is 2.50. The lowest BCUT2D eigenvalue weighted by Gasteiger charge is -2.35. The molecule has 0 aromatic carbocycles. The summed E-state index contributed by atoms with van der Waals surface area (Å²) in [5.41, 5.74) is 0. The normalized spacial score (nSPS) is 42.7. The first kappa shape index (κ1) is 6.01. The van der Waals surface area contributed by atoms with Gasteiger partial charge < -0.3 is 10.6 Å². The lowest BCUT2D eigenvalue weighted by atomic mass is 10.1. The predicted octanol–water partition coefficient (Wildman–Crippen LogP) is -0.337. The molecule has 0 radical (unpaired) electrons. The van der Waals surface area contributed by atoms with Crippen LogP contribution in [-0.2, 0) is 0 Å². The molecule has 3 heteroatoms. The SMILES string of the molecule is C1CSC2CNC2CN1. The van der Waals surface area contributed by atoms with Crippen LogP contribution >= 0.6 is 11.8 Å². The van der Waals surface area contributed by atoms with Crippen molar-refractivity contribution in [2.45, 2.75) is 11.3 Å². The fourth-order valence-electron chi connectivity index (χ4n) is 1.30. The van der Waals surface area contributed by atoms with Crippen LogP contribution < -0.4 is 10.6 Å². The van der Waals surface area contributed by atoms with Gasteiger partial charge >= 0.3 is 0 Å². The first-order chi connectivity index (χ1) is 4.47. The highest BCUT2D eigenvalue weighted by atomic mass is 32.2.